The van der Waals surface area contributed by atoms with Gasteiger partial charge in [-0.1, -0.05) is 36.4 Å². The third-order valence-corrected chi connectivity index (χ3v) is 2.71. The highest BCUT2D eigenvalue weighted by atomic mass is 16.4. The maximum atomic E-state index is 11.0. The smallest absolute Gasteiger partial charge is 0.335 e. The van der Waals surface area contributed by atoms with Crippen LogP contribution < -0.4 is 0 Å². The largest absolute Gasteiger partial charge is 0.478 e. The fourth-order valence-electron chi connectivity index (χ4n) is 1.84. The first-order valence-electron chi connectivity index (χ1n) is 5.51. The van der Waals surface area contributed by atoms with Crippen molar-refractivity contribution in [2.75, 3.05) is 0 Å². The first-order chi connectivity index (χ1) is 8.72. The van der Waals surface area contributed by atoms with E-state index in [1.165, 1.54) is 0 Å². The number of nitriles is 1. The fraction of sp³-hybridized carbons (Fsp3) is 0.0667. The standard InChI is InChI=1S/C15H11NO2/c16-9-8-13-10-12(6-7-14(13)15(17)18)11-4-2-1-3-5-11/h1-7,10H,8H2,(H,17,18). The Hall–Kier alpha value is -2.60. The lowest BCUT2D eigenvalue weighted by molar-refractivity contribution is 0.0696. The van der Waals surface area contributed by atoms with Crippen molar-refractivity contribution in [3.8, 4) is 17.2 Å². The van der Waals surface area contributed by atoms with Crippen LogP contribution in [-0.4, -0.2) is 11.1 Å². The summed E-state index contributed by atoms with van der Waals surface area (Å²) in [6.45, 7) is 0. The number of benzene rings is 2. The number of rotatable bonds is 3. The molecular formula is C15H11NO2. The topological polar surface area (TPSA) is 61.1 Å². The van der Waals surface area contributed by atoms with Crippen LogP contribution in [0.3, 0.4) is 0 Å². The van der Waals surface area contributed by atoms with Crippen molar-refractivity contribution in [3.05, 3.63) is 59.7 Å². The van der Waals surface area contributed by atoms with Gasteiger partial charge in [0.1, 0.15) is 0 Å². The number of carboxylic acid groups (broad SMARTS) is 1. The lowest BCUT2D eigenvalue weighted by atomic mass is 9.98. The molecule has 0 radical (unpaired) electrons. The molecule has 0 aliphatic rings. The van der Waals surface area contributed by atoms with E-state index in [1.54, 1.807) is 18.2 Å². The summed E-state index contributed by atoms with van der Waals surface area (Å²) in [5.74, 6) is -1.00. The molecular weight excluding hydrogens is 226 g/mol. The van der Waals surface area contributed by atoms with E-state index in [2.05, 4.69) is 0 Å². The van der Waals surface area contributed by atoms with E-state index in [0.29, 0.717) is 5.56 Å². The van der Waals surface area contributed by atoms with Crippen LogP contribution in [0.15, 0.2) is 48.5 Å². The molecule has 0 unspecified atom stereocenters. The maximum absolute atomic E-state index is 11.0. The molecule has 2 aromatic carbocycles. The Bertz CT molecular complexity index is 612. The fourth-order valence-corrected chi connectivity index (χ4v) is 1.84. The molecule has 3 heteroatoms. The van der Waals surface area contributed by atoms with Gasteiger partial charge in [-0.15, -0.1) is 0 Å². The third-order valence-electron chi connectivity index (χ3n) is 2.71. The molecule has 0 heterocycles. The molecule has 3 nitrogen and oxygen atoms in total. The second kappa shape index (κ2) is 5.15. The predicted octanol–water partition coefficient (Wildman–Crippen LogP) is 3.12. The van der Waals surface area contributed by atoms with Gasteiger partial charge in [0.25, 0.3) is 0 Å². The van der Waals surface area contributed by atoms with E-state index in [4.69, 9.17) is 10.4 Å². The maximum Gasteiger partial charge on any atom is 0.335 e. The number of aromatic carboxylic acids is 1. The minimum atomic E-state index is -1.00. The highest BCUT2D eigenvalue weighted by molar-refractivity contribution is 5.90. The minimum Gasteiger partial charge on any atom is -0.478 e. The number of hydrogen-bond acceptors (Lipinski definition) is 2. The molecule has 18 heavy (non-hydrogen) atoms. The van der Waals surface area contributed by atoms with Crippen LogP contribution in [0.2, 0.25) is 0 Å². The Kier molecular flexibility index (Phi) is 3.40. The van der Waals surface area contributed by atoms with Crippen molar-refractivity contribution >= 4 is 5.97 Å². The van der Waals surface area contributed by atoms with E-state index in [-0.39, 0.29) is 12.0 Å². The molecule has 0 saturated carbocycles. The normalized spacial score (nSPS) is 9.72. The quantitative estimate of drug-likeness (QED) is 0.892. The zero-order valence-electron chi connectivity index (χ0n) is 9.63. The molecule has 0 aromatic heterocycles. The van der Waals surface area contributed by atoms with Gasteiger partial charge in [-0.05, 0) is 28.8 Å². The zero-order valence-corrected chi connectivity index (χ0v) is 9.63. The lowest BCUT2D eigenvalue weighted by Crippen LogP contribution is -2.02. The van der Waals surface area contributed by atoms with Gasteiger partial charge in [0.2, 0.25) is 0 Å². The molecule has 0 aliphatic carbocycles. The molecule has 0 amide bonds. The van der Waals surface area contributed by atoms with Gasteiger partial charge in [-0.3, -0.25) is 0 Å². The predicted molar refractivity (Wildman–Crippen MR) is 68.2 cm³/mol. The number of carbonyl (C=O) groups is 1. The van der Waals surface area contributed by atoms with Crippen LogP contribution in [-0.2, 0) is 6.42 Å². The summed E-state index contributed by atoms with van der Waals surface area (Å²) in [7, 11) is 0. The molecule has 0 saturated heterocycles. The molecule has 0 atom stereocenters. The van der Waals surface area contributed by atoms with Gasteiger partial charge in [-0.2, -0.15) is 5.26 Å². The van der Waals surface area contributed by atoms with Gasteiger partial charge in [0.15, 0.2) is 0 Å². The van der Waals surface area contributed by atoms with Crippen LogP contribution >= 0.6 is 0 Å². The average Bonchev–Trinajstić information content (AvgIpc) is 2.40. The highest BCUT2D eigenvalue weighted by Gasteiger charge is 2.10. The van der Waals surface area contributed by atoms with Crippen molar-refractivity contribution in [3.63, 3.8) is 0 Å². The average molecular weight is 237 g/mol. The summed E-state index contributed by atoms with van der Waals surface area (Å²) in [5, 5.41) is 17.8. The van der Waals surface area contributed by atoms with Crippen LogP contribution in [0.1, 0.15) is 15.9 Å². The van der Waals surface area contributed by atoms with Crippen molar-refractivity contribution < 1.29 is 9.90 Å². The summed E-state index contributed by atoms with van der Waals surface area (Å²) >= 11 is 0. The summed E-state index contributed by atoms with van der Waals surface area (Å²) in [6.07, 6.45) is 0.0995. The van der Waals surface area contributed by atoms with E-state index in [9.17, 15) is 4.79 Å². The van der Waals surface area contributed by atoms with Crippen LogP contribution in [0, 0.1) is 11.3 Å². The molecule has 0 fully saturated rings. The van der Waals surface area contributed by atoms with Crippen molar-refractivity contribution in [2.45, 2.75) is 6.42 Å². The van der Waals surface area contributed by atoms with Crippen LogP contribution in [0.4, 0.5) is 0 Å². The van der Waals surface area contributed by atoms with Crippen molar-refractivity contribution in [1.29, 1.82) is 5.26 Å². The number of nitrogens with zero attached hydrogens (tertiary/aromatic N) is 1. The molecule has 2 rings (SSSR count). The van der Waals surface area contributed by atoms with Gasteiger partial charge < -0.3 is 5.11 Å². The first-order valence-corrected chi connectivity index (χ1v) is 5.51. The first kappa shape index (κ1) is 11.9. The van der Waals surface area contributed by atoms with Gasteiger partial charge in [0.05, 0.1) is 18.1 Å². The zero-order chi connectivity index (χ0) is 13.0. The molecule has 2 aromatic rings. The Morgan fingerprint density at radius 2 is 1.83 bits per heavy atom. The number of hydrogen-bond donors (Lipinski definition) is 1. The molecule has 1 N–H and O–H groups in total. The molecule has 0 bridgehead atoms. The van der Waals surface area contributed by atoms with E-state index < -0.39 is 5.97 Å². The van der Waals surface area contributed by atoms with Crippen LogP contribution in [0.25, 0.3) is 11.1 Å². The summed E-state index contributed by atoms with van der Waals surface area (Å²) in [6, 6.07) is 16.7. The second-order valence-electron chi connectivity index (χ2n) is 3.88. The molecule has 0 spiro atoms. The highest BCUT2D eigenvalue weighted by Crippen LogP contribution is 2.22. The summed E-state index contributed by atoms with van der Waals surface area (Å²) < 4.78 is 0. The van der Waals surface area contributed by atoms with Crippen molar-refractivity contribution in [2.24, 2.45) is 0 Å². The monoisotopic (exact) mass is 237 g/mol. The van der Waals surface area contributed by atoms with E-state index in [1.807, 2.05) is 36.4 Å². The van der Waals surface area contributed by atoms with Gasteiger partial charge in [0, 0.05) is 0 Å². The molecule has 0 aliphatic heterocycles. The number of carboxylic acids is 1. The van der Waals surface area contributed by atoms with Crippen LogP contribution in [0.5, 0.6) is 0 Å². The molecule has 88 valence electrons. The summed E-state index contributed by atoms with van der Waals surface area (Å²) in [5.41, 5.74) is 2.67. The van der Waals surface area contributed by atoms with Gasteiger partial charge in [-0.25, -0.2) is 4.79 Å². The minimum absolute atomic E-state index is 0.0995. The van der Waals surface area contributed by atoms with Gasteiger partial charge >= 0.3 is 5.97 Å². The lowest BCUT2D eigenvalue weighted by Gasteiger charge is -2.06. The SMILES string of the molecule is N#CCc1cc(-c2ccccc2)ccc1C(=O)O. The Morgan fingerprint density at radius 3 is 2.44 bits per heavy atom. The Morgan fingerprint density at radius 1 is 1.11 bits per heavy atom. The Balaban J connectivity index is 2.50. The summed E-state index contributed by atoms with van der Waals surface area (Å²) in [4.78, 5) is 11.0. The Labute approximate surface area is 105 Å². The van der Waals surface area contributed by atoms with Crippen molar-refractivity contribution in [1.82, 2.24) is 0 Å². The van der Waals surface area contributed by atoms with E-state index in [0.717, 1.165) is 11.1 Å². The van der Waals surface area contributed by atoms with E-state index >= 15 is 0 Å². The third kappa shape index (κ3) is 2.38. The second-order valence-corrected chi connectivity index (χ2v) is 3.88.